The van der Waals surface area contributed by atoms with Crippen molar-refractivity contribution in [2.24, 2.45) is 5.41 Å². The SMILES string of the molecule is CCCC(C#N)(CCC)C(=O)N(C)CCC#N. The van der Waals surface area contributed by atoms with E-state index in [1.54, 1.807) is 7.05 Å². The lowest BCUT2D eigenvalue weighted by Gasteiger charge is -2.29. The zero-order valence-electron chi connectivity index (χ0n) is 11.0. The van der Waals surface area contributed by atoms with Crippen LogP contribution in [0.1, 0.15) is 46.0 Å². The minimum atomic E-state index is -0.895. The predicted molar refractivity (Wildman–Crippen MR) is 65.7 cm³/mol. The van der Waals surface area contributed by atoms with Gasteiger partial charge in [0.2, 0.25) is 5.91 Å². The minimum absolute atomic E-state index is 0.140. The van der Waals surface area contributed by atoms with Gasteiger partial charge in [-0.15, -0.1) is 0 Å². The number of nitriles is 2. The summed E-state index contributed by atoms with van der Waals surface area (Å²) in [5.41, 5.74) is -0.895. The van der Waals surface area contributed by atoms with Crippen molar-refractivity contribution in [2.75, 3.05) is 13.6 Å². The third-order valence-electron chi connectivity index (χ3n) is 2.88. The normalized spacial score (nSPS) is 10.4. The first-order valence-electron chi connectivity index (χ1n) is 6.11. The lowest BCUT2D eigenvalue weighted by Crippen LogP contribution is -2.41. The van der Waals surface area contributed by atoms with Gasteiger partial charge in [0, 0.05) is 13.6 Å². The molecule has 4 heteroatoms. The molecular weight excluding hydrogens is 214 g/mol. The second kappa shape index (κ2) is 7.68. The molecule has 0 spiro atoms. The number of hydrogen-bond acceptors (Lipinski definition) is 3. The maximum atomic E-state index is 12.3. The highest BCUT2D eigenvalue weighted by Gasteiger charge is 2.38. The summed E-state index contributed by atoms with van der Waals surface area (Å²) < 4.78 is 0. The first kappa shape index (κ1) is 15.4. The van der Waals surface area contributed by atoms with Crippen molar-refractivity contribution < 1.29 is 4.79 Å². The molecule has 4 nitrogen and oxygen atoms in total. The van der Waals surface area contributed by atoms with Crippen molar-refractivity contribution in [1.82, 2.24) is 4.90 Å². The molecule has 0 aliphatic rings. The van der Waals surface area contributed by atoms with Gasteiger partial charge >= 0.3 is 0 Å². The Bertz CT molecular complexity index is 319. The van der Waals surface area contributed by atoms with E-state index in [4.69, 9.17) is 5.26 Å². The Morgan fingerprint density at radius 1 is 1.24 bits per heavy atom. The molecule has 0 aromatic carbocycles. The molecule has 94 valence electrons. The molecule has 0 heterocycles. The van der Waals surface area contributed by atoms with Crippen molar-refractivity contribution in [1.29, 1.82) is 10.5 Å². The van der Waals surface area contributed by atoms with E-state index in [0.29, 0.717) is 25.8 Å². The summed E-state index contributed by atoms with van der Waals surface area (Å²) in [5.74, 6) is -0.140. The second-order valence-corrected chi connectivity index (χ2v) is 4.33. The third-order valence-corrected chi connectivity index (χ3v) is 2.88. The van der Waals surface area contributed by atoms with Crippen LogP contribution in [0.5, 0.6) is 0 Å². The van der Waals surface area contributed by atoms with Crippen LogP contribution in [-0.4, -0.2) is 24.4 Å². The molecule has 0 aliphatic heterocycles. The fraction of sp³-hybridized carbons (Fsp3) is 0.769. The van der Waals surface area contributed by atoms with Gasteiger partial charge in [0.15, 0.2) is 0 Å². The van der Waals surface area contributed by atoms with Crippen LogP contribution >= 0.6 is 0 Å². The second-order valence-electron chi connectivity index (χ2n) is 4.33. The number of amides is 1. The van der Waals surface area contributed by atoms with Crippen LogP contribution in [0.25, 0.3) is 0 Å². The summed E-state index contributed by atoms with van der Waals surface area (Å²) in [4.78, 5) is 13.8. The van der Waals surface area contributed by atoms with Crippen LogP contribution in [0.2, 0.25) is 0 Å². The van der Waals surface area contributed by atoms with Crippen LogP contribution in [0.15, 0.2) is 0 Å². The average molecular weight is 235 g/mol. The highest BCUT2D eigenvalue weighted by molar-refractivity contribution is 5.85. The molecule has 0 rings (SSSR count). The molecule has 0 atom stereocenters. The van der Waals surface area contributed by atoms with Gasteiger partial charge in [0.25, 0.3) is 0 Å². The number of carbonyl (C=O) groups excluding carboxylic acids is 1. The highest BCUT2D eigenvalue weighted by Crippen LogP contribution is 2.31. The van der Waals surface area contributed by atoms with Crippen LogP contribution in [0.4, 0.5) is 0 Å². The monoisotopic (exact) mass is 235 g/mol. The Labute approximate surface area is 104 Å². The van der Waals surface area contributed by atoms with E-state index < -0.39 is 5.41 Å². The first-order valence-corrected chi connectivity index (χ1v) is 6.11. The molecule has 0 aliphatic carbocycles. The standard InChI is InChI=1S/C13H21N3O/c1-4-7-13(11-15,8-5-2)12(17)16(3)10-6-9-14/h4-8,10H2,1-3H3. The van der Waals surface area contributed by atoms with E-state index in [9.17, 15) is 10.1 Å². The zero-order chi connectivity index (χ0) is 13.3. The van der Waals surface area contributed by atoms with Crippen LogP contribution in [0.3, 0.4) is 0 Å². The van der Waals surface area contributed by atoms with Gasteiger partial charge in [0.1, 0.15) is 5.41 Å². The number of hydrogen-bond donors (Lipinski definition) is 0. The van der Waals surface area contributed by atoms with Gasteiger partial charge in [-0.1, -0.05) is 26.7 Å². The fourth-order valence-corrected chi connectivity index (χ4v) is 2.04. The van der Waals surface area contributed by atoms with E-state index >= 15 is 0 Å². The van der Waals surface area contributed by atoms with E-state index in [2.05, 4.69) is 6.07 Å². The maximum Gasteiger partial charge on any atom is 0.242 e. The van der Waals surface area contributed by atoms with Gasteiger partial charge in [-0.2, -0.15) is 10.5 Å². The van der Waals surface area contributed by atoms with Crippen molar-refractivity contribution in [3.05, 3.63) is 0 Å². The van der Waals surface area contributed by atoms with E-state index in [-0.39, 0.29) is 5.91 Å². The molecule has 0 bridgehead atoms. The number of rotatable bonds is 7. The minimum Gasteiger partial charge on any atom is -0.343 e. The van der Waals surface area contributed by atoms with E-state index in [0.717, 1.165) is 12.8 Å². The third kappa shape index (κ3) is 4.07. The molecular formula is C13H21N3O. The molecule has 0 radical (unpaired) electrons. The van der Waals surface area contributed by atoms with Crippen molar-refractivity contribution in [3.8, 4) is 12.1 Å². The van der Waals surface area contributed by atoms with Crippen molar-refractivity contribution in [2.45, 2.75) is 46.0 Å². The molecule has 0 aromatic heterocycles. The molecule has 1 amide bonds. The summed E-state index contributed by atoms with van der Waals surface area (Å²) in [7, 11) is 1.66. The summed E-state index contributed by atoms with van der Waals surface area (Å²) in [6.45, 7) is 4.35. The molecule has 0 fully saturated rings. The summed E-state index contributed by atoms with van der Waals surface area (Å²) in [6, 6.07) is 4.21. The van der Waals surface area contributed by atoms with Gasteiger partial charge in [-0.3, -0.25) is 4.79 Å². The number of nitrogens with zero attached hydrogens (tertiary/aromatic N) is 3. The van der Waals surface area contributed by atoms with Gasteiger partial charge in [0.05, 0.1) is 18.6 Å². The summed E-state index contributed by atoms with van der Waals surface area (Å²) >= 11 is 0. The molecule has 0 unspecified atom stereocenters. The Balaban J connectivity index is 4.86. The van der Waals surface area contributed by atoms with E-state index in [1.165, 1.54) is 4.90 Å². The van der Waals surface area contributed by atoms with Crippen LogP contribution in [0, 0.1) is 28.1 Å². The Kier molecular flexibility index (Phi) is 6.98. The molecule has 17 heavy (non-hydrogen) atoms. The van der Waals surface area contributed by atoms with Crippen molar-refractivity contribution >= 4 is 5.91 Å². The number of carbonyl (C=O) groups is 1. The molecule has 0 saturated heterocycles. The lowest BCUT2D eigenvalue weighted by atomic mass is 9.79. The fourth-order valence-electron chi connectivity index (χ4n) is 2.04. The van der Waals surface area contributed by atoms with E-state index in [1.807, 2.05) is 19.9 Å². The summed E-state index contributed by atoms with van der Waals surface area (Å²) in [6.07, 6.45) is 3.11. The molecule has 0 saturated carbocycles. The smallest absolute Gasteiger partial charge is 0.242 e. The molecule has 0 N–H and O–H groups in total. The Morgan fingerprint density at radius 2 is 1.76 bits per heavy atom. The first-order chi connectivity index (χ1) is 8.07. The topological polar surface area (TPSA) is 67.9 Å². The van der Waals surface area contributed by atoms with Gasteiger partial charge < -0.3 is 4.90 Å². The highest BCUT2D eigenvalue weighted by atomic mass is 16.2. The van der Waals surface area contributed by atoms with Gasteiger partial charge in [-0.25, -0.2) is 0 Å². The average Bonchev–Trinajstić information content (AvgIpc) is 2.34. The Morgan fingerprint density at radius 3 is 2.12 bits per heavy atom. The largest absolute Gasteiger partial charge is 0.343 e. The van der Waals surface area contributed by atoms with Crippen LogP contribution < -0.4 is 0 Å². The summed E-state index contributed by atoms with van der Waals surface area (Å²) in [5, 5.41) is 17.8. The quantitative estimate of drug-likeness (QED) is 0.680. The lowest BCUT2D eigenvalue weighted by molar-refractivity contribution is -0.138. The zero-order valence-corrected chi connectivity index (χ0v) is 11.0. The maximum absolute atomic E-state index is 12.3. The Hall–Kier alpha value is -1.55. The van der Waals surface area contributed by atoms with Crippen molar-refractivity contribution in [3.63, 3.8) is 0 Å². The van der Waals surface area contributed by atoms with Gasteiger partial charge in [-0.05, 0) is 12.8 Å². The molecule has 0 aromatic rings. The van der Waals surface area contributed by atoms with Crippen LogP contribution in [-0.2, 0) is 4.79 Å². The predicted octanol–water partition coefficient (Wildman–Crippen LogP) is 2.47.